The lowest BCUT2D eigenvalue weighted by atomic mass is 10.1. The number of benzene rings is 2. The van der Waals surface area contributed by atoms with Crippen LogP contribution in [0, 0.1) is 0 Å². The number of carbonyl (C=O) groups is 2. The first-order chi connectivity index (χ1) is 14.0. The number of aromatic nitrogens is 2. The van der Waals surface area contributed by atoms with Crippen molar-refractivity contribution in [1.29, 1.82) is 0 Å². The fourth-order valence-electron chi connectivity index (χ4n) is 3.17. The Morgan fingerprint density at radius 1 is 1.17 bits per heavy atom. The van der Waals surface area contributed by atoms with Gasteiger partial charge < -0.3 is 15.0 Å². The molecule has 7 heteroatoms. The van der Waals surface area contributed by atoms with Crippen LogP contribution in [-0.2, 0) is 11.2 Å². The average molecular weight is 405 g/mol. The second kappa shape index (κ2) is 7.89. The Morgan fingerprint density at radius 3 is 2.69 bits per heavy atom. The van der Waals surface area contributed by atoms with Gasteiger partial charge in [0.05, 0.1) is 24.1 Å². The monoisotopic (exact) mass is 405 g/mol. The first-order valence-corrected chi connectivity index (χ1v) is 9.88. The first-order valence-electron chi connectivity index (χ1n) is 9.06. The predicted molar refractivity (Wildman–Crippen MR) is 115 cm³/mol. The van der Waals surface area contributed by atoms with Crippen LogP contribution in [0.5, 0.6) is 5.75 Å². The smallest absolute Gasteiger partial charge is 0.230 e. The topological polar surface area (TPSA) is 84.1 Å². The Morgan fingerprint density at radius 2 is 1.97 bits per heavy atom. The van der Waals surface area contributed by atoms with E-state index < -0.39 is 0 Å². The molecular weight excluding hydrogens is 386 g/mol. The van der Waals surface area contributed by atoms with Gasteiger partial charge in [0.15, 0.2) is 10.9 Å². The zero-order valence-electron chi connectivity index (χ0n) is 16.0. The molecule has 0 spiro atoms. The molecule has 0 unspecified atom stereocenters. The normalized spacial score (nSPS) is 10.8. The number of ketones is 1. The third-order valence-corrected chi connectivity index (χ3v) is 5.64. The van der Waals surface area contributed by atoms with Crippen LogP contribution in [0.25, 0.3) is 22.2 Å². The first kappa shape index (κ1) is 18.9. The lowest BCUT2D eigenvalue weighted by Crippen LogP contribution is -2.14. The van der Waals surface area contributed by atoms with E-state index >= 15 is 0 Å². The second-order valence-electron chi connectivity index (χ2n) is 6.57. The quantitative estimate of drug-likeness (QED) is 0.456. The van der Waals surface area contributed by atoms with Gasteiger partial charge in [-0.15, -0.1) is 0 Å². The van der Waals surface area contributed by atoms with Crippen LogP contribution in [0.3, 0.4) is 0 Å². The van der Waals surface area contributed by atoms with Gasteiger partial charge in [0.1, 0.15) is 5.75 Å². The molecular formula is C22H19N3O3S. The molecule has 0 saturated heterocycles. The highest BCUT2D eigenvalue weighted by Crippen LogP contribution is 2.32. The van der Waals surface area contributed by atoms with Gasteiger partial charge in [-0.2, -0.15) is 0 Å². The van der Waals surface area contributed by atoms with Crippen LogP contribution >= 0.6 is 11.3 Å². The molecule has 2 heterocycles. The number of nitrogens with one attached hydrogen (secondary N) is 2. The highest BCUT2D eigenvalue weighted by molar-refractivity contribution is 7.18. The molecule has 4 rings (SSSR count). The van der Waals surface area contributed by atoms with Crippen molar-refractivity contribution in [2.24, 2.45) is 0 Å². The van der Waals surface area contributed by atoms with E-state index in [2.05, 4.69) is 15.3 Å². The number of carbonyl (C=O) groups excluding carboxylic acids is 2. The van der Waals surface area contributed by atoms with Gasteiger partial charge in [-0.3, -0.25) is 9.59 Å². The number of Topliss-reactive ketones (excluding diaryl/α,β-unsaturated/α-hetero) is 1. The summed E-state index contributed by atoms with van der Waals surface area (Å²) in [6, 6.07) is 15.2. The van der Waals surface area contributed by atoms with Crippen molar-refractivity contribution >= 4 is 39.1 Å². The minimum Gasteiger partial charge on any atom is -0.497 e. The van der Waals surface area contributed by atoms with Gasteiger partial charge in [0.2, 0.25) is 5.91 Å². The third kappa shape index (κ3) is 3.90. The standard InChI is InChI=1S/C22H19N3O3S/c1-13(26)21-20(14-6-4-3-5-7-14)25-22(29-21)24-19(27)10-15-12-23-18-9-8-16(28-2)11-17(15)18/h3-9,11-12,23H,10H2,1-2H3,(H,24,25,27). The number of hydrogen-bond donors (Lipinski definition) is 2. The zero-order valence-corrected chi connectivity index (χ0v) is 16.8. The molecule has 2 aromatic carbocycles. The van der Waals surface area contributed by atoms with E-state index in [-0.39, 0.29) is 18.1 Å². The molecule has 0 aliphatic heterocycles. The lowest BCUT2D eigenvalue weighted by Gasteiger charge is -2.03. The molecule has 0 aliphatic carbocycles. The summed E-state index contributed by atoms with van der Waals surface area (Å²) in [5.41, 5.74) is 3.24. The van der Waals surface area contributed by atoms with E-state index in [1.54, 1.807) is 7.11 Å². The summed E-state index contributed by atoms with van der Waals surface area (Å²) in [5, 5.41) is 4.18. The molecule has 0 radical (unpaired) electrons. The molecule has 146 valence electrons. The Balaban J connectivity index is 1.57. The molecule has 6 nitrogen and oxygen atoms in total. The van der Waals surface area contributed by atoms with E-state index in [1.807, 2.05) is 54.7 Å². The number of H-pyrrole nitrogens is 1. The Hall–Kier alpha value is -3.45. The summed E-state index contributed by atoms with van der Waals surface area (Å²) in [6.07, 6.45) is 2.00. The summed E-state index contributed by atoms with van der Waals surface area (Å²) >= 11 is 1.19. The Bertz CT molecular complexity index is 1190. The second-order valence-corrected chi connectivity index (χ2v) is 7.57. The zero-order chi connectivity index (χ0) is 20.4. The van der Waals surface area contributed by atoms with Gasteiger partial charge in [-0.05, 0) is 23.8 Å². The van der Waals surface area contributed by atoms with Crippen molar-refractivity contribution in [3.63, 3.8) is 0 Å². The van der Waals surface area contributed by atoms with Crippen molar-refractivity contribution in [2.45, 2.75) is 13.3 Å². The molecule has 0 atom stereocenters. The third-order valence-electron chi connectivity index (χ3n) is 4.57. The molecule has 0 fully saturated rings. The Kier molecular flexibility index (Phi) is 5.14. The van der Waals surface area contributed by atoms with Gasteiger partial charge in [0, 0.05) is 29.6 Å². The lowest BCUT2D eigenvalue weighted by molar-refractivity contribution is -0.115. The summed E-state index contributed by atoms with van der Waals surface area (Å²) in [7, 11) is 1.61. The van der Waals surface area contributed by atoms with E-state index in [9.17, 15) is 9.59 Å². The summed E-state index contributed by atoms with van der Waals surface area (Å²) in [4.78, 5) is 32.9. The number of rotatable bonds is 6. The molecule has 1 amide bonds. The largest absolute Gasteiger partial charge is 0.497 e. The summed E-state index contributed by atoms with van der Waals surface area (Å²) < 4.78 is 5.27. The van der Waals surface area contributed by atoms with Crippen molar-refractivity contribution in [2.75, 3.05) is 12.4 Å². The number of anilines is 1. The molecule has 0 bridgehead atoms. The number of methoxy groups -OCH3 is 1. The molecule has 2 aromatic heterocycles. The molecule has 0 saturated carbocycles. The number of hydrogen-bond acceptors (Lipinski definition) is 5. The van der Waals surface area contributed by atoms with Crippen LogP contribution < -0.4 is 10.1 Å². The summed E-state index contributed by atoms with van der Waals surface area (Å²) in [6.45, 7) is 1.50. The van der Waals surface area contributed by atoms with Gasteiger partial charge in [-0.25, -0.2) is 4.98 Å². The van der Waals surface area contributed by atoms with Crippen molar-refractivity contribution in [1.82, 2.24) is 9.97 Å². The number of fused-ring (bicyclic) bond motifs is 1. The molecule has 2 N–H and O–H groups in total. The number of ether oxygens (including phenoxy) is 1. The predicted octanol–water partition coefficient (Wildman–Crippen LogP) is 4.68. The highest BCUT2D eigenvalue weighted by Gasteiger charge is 2.18. The van der Waals surface area contributed by atoms with Crippen LogP contribution in [0.4, 0.5) is 5.13 Å². The fraction of sp³-hybridized carbons (Fsp3) is 0.136. The maximum Gasteiger partial charge on any atom is 0.230 e. The van der Waals surface area contributed by atoms with Crippen LogP contribution in [0.1, 0.15) is 22.2 Å². The van der Waals surface area contributed by atoms with Gasteiger partial charge in [0.25, 0.3) is 0 Å². The van der Waals surface area contributed by atoms with E-state index in [0.29, 0.717) is 15.7 Å². The minimum atomic E-state index is -0.197. The highest BCUT2D eigenvalue weighted by atomic mass is 32.1. The summed E-state index contributed by atoms with van der Waals surface area (Å²) in [5.74, 6) is 0.458. The van der Waals surface area contributed by atoms with Crippen LogP contribution in [0.2, 0.25) is 0 Å². The van der Waals surface area contributed by atoms with Crippen molar-refractivity contribution in [3.05, 3.63) is 65.2 Å². The van der Waals surface area contributed by atoms with Crippen LogP contribution in [0.15, 0.2) is 54.7 Å². The SMILES string of the molecule is COc1ccc2[nH]cc(CC(=O)Nc3nc(-c4ccccc4)c(C(C)=O)s3)c2c1. The van der Waals surface area contributed by atoms with Crippen molar-refractivity contribution in [3.8, 4) is 17.0 Å². The Labute approximate surface area is 171 Å². The fourth-order valence-corrected chi connectivity index (χ4v) is 4.07. The van der Waals surface area contributed by atoms with E-state index in [4.69, 9.17) is 4.74 Å². The molecule has 0 aliphatic rings. The molecule has 29 heavy (non-hydrogen) atoms. The van der Waals surface area contributed by atoms with E-state index in [0.717, 1.165) is 27.8 Å². The number of aromatic amines is 1. The van der Waals surface area contributed by atoms with E-state index in [1.165, 1.54) is 18.3 Å². The van der Waals surface area contributed by atoms with Crippen molar-refractivity contribution < 1.29 is 14.3 Å². The maximum absolute atomic E-state index is 12.6. The molecule has 4 aromatic rings. The number of amides is 1. The number of nitrogens with zero attached hydrogens (tertiary/aromatic N) is 1. The minimum absolute atomic E-state index is 0.0782. The maximum atomic E-state index is 12.6. The van der Waals surface area contributed by atoms with Crippen LogP contribution in [-0.4, -0.2) is 28.8 Å². The average Bonchev–Trinajstić information content (AvgIpc) is 3.32. The number of thiazole rings is 1. The van der Waals surface area contributed by atoms with Gasteiger partial charge >= 0.3 is 0 Å². The van der Waals surface area contributed by atoms with Gasteiger partial charge in [-0.1, -0.05) is 41.7 Å².